The Kier molecular flexibility index (Phi) is 3.48. The molecule has 0 atom stereocenters. The Bertz CT molecular complexity index is 846. The molecule has 0 fully saturated rings. The van der Waals surface area contributed by atoms with E-state index in [1.807, 2.05) is 6.92 Å². The largest absolute Gasteiger partial charge is 0.341 e. The first-order chi connectivity index (χ1) is 10.0. The van der Waals surface area contributed by atoms with Gasteiger partial charge in [0.15, 0.2) is 10.8 Å². The van der Waals surface area contributed by atoms with Crippen LogP contribution in [0.1, 0.15) is 15.9 Å². The lowest BCUT2D eigenvalue weighted by Gasteiger charge is -2.07. The zero-order chi connectivity index (χ0) is 15.0. The summed E-state index contributed by atoms with van der Waals surface area (Å²) in [6, 6.07) is 5.07. The first-order valence-corrected chi connectivity index (χ1v) is 6.74. The standard InChI is InChI=1S/C13H9Cl2N5O/c1-6-2-3-7(14)4-8(6)12(21)20-13-18-10(15)9-11(19-13)17-5-16-9/h2-5H,1H3,(H2,16,17,18,19,20,21). The molecule has 0 unspecified atom stereocenters. The van der Waals surface area contributed by atoms with Gasteiger partial charge in [-0.15, -0.1) is 0 Å². The fourth-order valence-corrected chi connectivity index (χ4v) is 2.25. The van der Waals surface area contributed by atoms with Crippen LogP contribution in [0.15, 0.2) is 24.5 Å². The zero-order valence-corrected chi connectivity index (χ0v) is 12.3. The van der Waals surface area contributed by atoms with Gasteiger partial charge in [-0.05, 0) is 24.6 Å². The van der Waals surface area contributed by atoms with Crippen molar-refractivity contribution in [2.75, 3.05) is 5.32 Å². The molecule has 0 aliphatic carbocycles. The molecule has 8 heteroatoms. The van der Waals surface area contributed by atoms with Crippen molar-refractivity contribution >= 4 is 46.2 Å². The molecule has 1 aromatic carbocycles. The fourth-order valence-electron chi connectivity index (χ4n) is 1.86. The highest BCUT2D eigenvalue weighted by Crippen LogP contribution is 2.20. The van der Waals surface area contributed by atoms with Crippen molar-refractivity contribution in [3.63, 3.8) is 0 Å². The number of aryl methyl sites for hydroxylation is 1. The van der Waals surface area contributed by atoms with Crippen molar-refractivity contribution in [3.05, 3.63) is 45.8 Å². The highest BCUT2D eigenvalue weighted by molar-refractivity contribution is 6.33. The maximum Gasteiger partial charge on any atom is 0.258 e. The van der Waals surface area contributed by atoms with Gasteiger partial charge in [0.25, 0.3) is 5.91 Å². The summed E-state index contributed by atoms with van der Waals surface area (Å²) >= 11 is 11.9. The summed E-state index contributed by atoms with van der Waals surface area (Å²) in [5, 5.41) is 3.26. The van der Waals surface area contributed by atoms with E-state index in [-0.39, 0.29) is 17.0 Å². The van der Waals surface area contributed by atoms with Crippen LogP contribution >= 0.6 is 23.2 Å². The average molecular weight is 322 g/mol. The number of anilines is 1. The number of imidazole rings is 1. The van der Waals surface area contributed by atoms with Crippen LogP contribution in [0.4, 0.5) is 5.95 Å². The number of aromatic nitrogens is 4. The number of nitrogens with one attached hydrogen (secondary N) is 2. The lowest BCUT2D eigenvalue weighted by molar-refractivity contribution is 0.102. The van der Waals surface area contributed by atoms with Gasteiger partial charge in [0.05, 0.1) is 6.33 Å². The predicted octanol–water partition coefficient (Wildman–Crippen LogP) is 3.22. The third-order valence-corrected chi connectivity index (χ3v) is 3.42. The second-order valence-corrected chi connectivity index (χ2v) is 5.15. The van der Waals surface area contributed by atoms with Crippen LogP contribution in [-0.2, 0) is 0 Å². The van der Waals surface area contributed by atoms with E-state index in [0.29, 0.717) is 21.7 Å². The van der Waals surface area contributed by atoms with Crippen molar-refractivity contribution in [1.29, 1.82) is 0 Å². The zero-order valence-electron chi connectivity index (χ0n) is 10.8. The van der Waals surface area contributed by atoms with E-state index in [4.69, 9.17) is 23.2 Å². The minimum absolute atomic E-state index is 0.0870. The number of fused-ring (bicyclic) bond motifs is 1. The summed E-state index contributed by atoms with van der Waals surface area (Å²) in [6.45, 7) is 1.82. The number of aromatic amines is 1. The van der Waals surface area contributed by atoms with Gasteiger partial charge in [-0.25, -0.2) is 4.98 Å². The van der Waals surface area contributed by atoms with E-state index in [0.717, 1.165) is 5.56 Å². The molecular formula is C13H9Cl2N5O. The van der Waals surface area contributed by atoms with Gasteiger partial charge in [0.2, 0.25) is 5.95 Å². The highest BCUT2D eigenvalue weighted by atomic mass is 35.5. The molecule has 0 aliphatic rings. The van der Waals surface area contributed by atoms with Crippen molar-refractivity contribution in [3.8, 4) is 0 Å². The van der Waals surface area contributed by atoms with E-state index in [9.17, 15) is 4.79 Å². The van der Waals surface area contributed by atoms with E-state index < -0.39 is 0 Å². The molecule has 21 heavy (non-hydrogen) atoms. The van der Waals surface area contributed by atoms with Gasteiger partial charge in [-0.3, -0.25) is 10.1 Å². The quantitative estimate of drug-likeness (QED) is 0.710. The van der Waals surface area contributed by atoms with Crippen molar-refractivity contribution < 1.29 is 4.79 Å². The minimum atomic E-state index is -0.360. The number of hydrogen-bond donors (Lipinski definition) is 2. The Morgan fingerprint density at radius 1 is 1.29 bits per heavy atom. The Labute approximate surface area is 129 Å². The minimum Gasteiger partial charge on any atom is -0.341 e. The molecule has 0 bridgehead atoms. The molecule has 3 rings (SSSR count). The Balaban J connectivity index is 1.94. The molecule has 2 heterocycles. The second-order valence-electron chi connectivity index (χ2n) is 4.35. The van der Waals surface area contributed by atoms with Crippen LogP contribution in [0.5, 0.6) is 0 Å². The summed E-state index contributed by atoms with van der Waals surface area (Å²) in [5.41, 5.74) is 2.15. The van der Waals surface area contributed by atoms with Crippen molar-refractivity contribution in [2.24, 2.45) is 0 Å². The van der Waals surface area contributed by atoms with E-state index >= 15 is 0 Å². The van der Waals surface area contributed by atoms with Crippen molar-refractivity contribution in [1.82, 2.24) is 19.9 Å². The summed E-state index contributed by atoms with van der Waals surface area (Å²) < 4.78 is 0. The maximum absolute atomic E-state index is 12.3. The number of nitrogens with zero attached hydrogens (tertiary/aromatic N) is 3. The van der Waals surface area contributed by atoms with Gasteiger partial charge in [0.1, 0.15) is 5.52 Å². The molecule has 0 saturated heterocycles. The van der Waals surface area contributed by atoms with Crippen LogP contribution in [0.3, 0.4) is 0 Å². The summed E-state index contributed by atoms with van der Waals surface area (Å²) in [7, 11) is 0. The number of H-pyrrole nitrogens is 1. The molecular weight excluding hydrogens is 313 g/mol. The molecule has 106 valence electrons. The van der Waals surface area contributed by atoms with Crippen LogP contribution in [0.25, 0.3) is 11.2 Å². The summed E-state index contributed by atoms with van der Waals surface area (Å²) in [4.78, 5) is 27.2. The van der Waals surface area contributed by atoms with Crippen LogP contribution in [-0.4, -0.2) is 25.8 Å². The highest BCUT2D eigenvalue weighted by Gasteiger charge is 2.14. The van der Waals surface area contributed by atoms with E-state index in [2.05, 4.69) is 25.3 Å². The third kappa shape index (κ3) is 2.68. The predicted molar refractivity (Wildman–Crippen MR) is 80.8 cm³/mol. The molecule has 0 spiro atoms. The van der Waals surface area contributed by atoms with E-state index in [1.165, 1.54) is 6.33 Å². The SMILES string of the molecule is Cc1ccc(Cl)cc1C(=O)Nc1nc(Cl)c2[nH]cnc2n1. The Hall–Kier alpha value is -2.18. The van der Waals surface area contributed by atoms with Gasteiger partial charge in [0, 0.05) is 10.6 Å². The van der Waals surface area contributed by atoms with Crippen LogP contribution < -0.4 is 5.32 Å². The second kappa shape index (κ2) is 5.31. The number of rotatable bonds is 2. The number of halogens is 2. The fraction of sp³-hybridized carbons (Fsp3) is 0.0769. The van der Waals surface area contributed by atoms with Crippen LogP contribution in [0, 0.1) is 6.92 Å². The number of benzene rings is 1. The Morgan fingerprint density at radius 2 is 2.10 bits per heavy atom. The molecule has 6 nitrogen and oxygen atoms in total. The normalized spacial score (nSPS) is 10.8. The molecule has 1 amide bonds. The number of carbonyl (C=O) groups excluding carboxylic acids is 1. The molecule has 2 aromatic heterocycles. The van der Waals surface area contributed by atoms with Crippen molar-refractivity contribution in [2.45, 2.75) is 6.92 Å². The first kappa shape index (κ1) is 13.8. The molecule has 0 radical (unpaired) electrons. The summed E-state index contributed by atoms with van der Waals surface area (Å²) in [6.07, 6.45) is 1.46. The molecule has 0 aliphatic heterocycles. The van der Waals surface area contributed by atoms with Gasteiger partial charge >= 0.3 is 0 Å². The van der Waals surface area contributed by atoms with Gasteiger partial charge < -0.3 is 4.98 Å². The third-order valence-electron chi connectivity index (χ3n) is 2.91. The molecule has 0 saturated carbocycles. The first-order valence-electron chi connectivity index (χ1n) is 5.99. The van der Waals surface area contributed by atoms with Crippen LogP contribution in [0.2, 0.25) is 10.2 Å². The lowest BCUT2D eigenvalue weighted by atomic mass is 10.1. The molecule has 3 aromatic rings. The number of amides is 1. The molecule has 2 N–H and O–H groups in total. The average Bonchev–Trinajstić information content (AvgIpc) is 2.90. The summed E-state index contributed by atoms with van der Waals surface area (Å²) in [5.74, 6) is -0.273. The number of carbonyl (C=O) groups is 1. The number of hydrogen-bond acceptors (Lipinski definition) is 4. The van der Waals surface area contributed by atoms with Gasteiger partial charge in [-0.2, -0.15) is 9.97 Å². The topological polar surface area (TPSA) is 83.6 Å². The smallest absolute Gasteiger partial charge is 0.258 e. The van der Waals surface area contributed by atoms with E-state index in [1.54, 1.807) is 18.2 Å². The maximum atomic E-state index is 12.3. The van der Waals surface area contributed by atoms with Gasteiger partial charge in [-0.1, -0.05) is 29.3 Å². The monoisotopic (exact) mass is 321 g/mol. The Morgan fingerprint density at radius 3 is 2.90 bits per heavy atom. The lowest BCUT2D eigenvalue weighted by Crippen LogP contribution is -2.15.